The van der Waals surface area contributed by atoms with Gasteiger partial charge < -0.3 is 26.0 Å². The number of hydrogen-bond acceptors (Lipinski definition) is 8. The van der Waals surface area contributed by atoms with Gasteiger partial charge in [0.05, 0.1) is 28.4 Å². The minimum atomic E-state index is -0.179. The summed E-state index contributed by atoms with van der Waals surface area (Å²) >= 11 is 14.1. The van der Waals surface area contributed by atoms with Gasteiger partial charge in [-0.3, -0.25) is 18.8 Å². The van der Waals surface area contributed by atoms with Crippen molar-refractivity contribution in [1.29, 1.82) is 0 Å². The number of carbonyl (C=O) groups is 2. The van der Waals surface area contributed by atoms with Crippen LogP contribution < -0.4 is 31.6 Å². The molecule has 11 nitrogen and oxygen atoms in total. The van der Waals surface area contributed by atoms with E-state index in [-0.39, 0.29) is 29.5 Å². The highest BCUT2D eigenvalue weighted by Gasteiger charge is 2.23. The highest BCUT2D eigenvalue weighted by Crippen LogP contribution is 2.42. The Hall–Kier alpha value is -4.81. The van der Waals surface area contributed by atoms with E-state index in [1.54, 1.807) is 19.5 Å². The molecule has 0 saturated carbocycles. The van der Waals surface area contributed by atoms with Crippen LogP contribution in [0.1, 0.15) is 24.0 Å². The van der Waals surface area contributed by atoms with Crippen molar-refractivity contribution < 1.29 is 14.3 Å². The molecule has 2 saturated heterocycles. The summed E-state index contributed by atoms with van der Waals surface area (Å²) in [5.74, 6) is 0.515. The lowest BCUT2D eigenvalue weighted by Crippen LogP contribution is -2.33. The summed E-state index contributed by atoms with van der Waals surface area (Å²) in [7, 11) is 1.58. The third-order valence-corrected chi connectivity index (χ3v) is 9.72. The SMILES string of the molecule is COc1nc(-c2cccc(-c3cccc(-c4ccn5c(=O)c(CN[C@@H]6CNC(=O)C6)cnc5c4)c3Cl)c2Cl)ccc1CN[C@H]1CNC(=O)C1. The molecule has 2 aliphatic heterocycles. The van der Waals surface area contributed by atoms with Crippen molar-refractivity contribution in [3.8, 4) is 39.4 Å². The number of carbonyl (C=O) groups excluding carboxylic acids is 2. The van der Waals surface area contributed by atoms with E-state index in [9.17, 15) is 14.4 Å². The van der Waals surface area contributed by atoms with Gasteiger partial charge in [-0.15, -0.1) is 0 Å². The minimum Gasteiger partial charge on any atom is -0.481 e. The Balaban J connectivity index is 1.14. The van der Waals surface area contributed by atoms with Crippen LogP contribution in [-0.2, 0) is 22.7 Å². The van der Waals surface area contributed by atoms with E-state index in [1.807, 2.05) is 60.7 Å². The number of ether oxygens (including phenoxy) is 1. The number of nitrogens with zero attached hydrogens (tertiary/aromatic N) is 3. The molecule has 250 valence electrons. The minimum absolute atomic E-state index is 0.00131. The van der Waals surface area contributed by atoms with Gasteiger partial charge in [0, 0.05) is 91.3 Å². The Morgan fingerprint density at radius 2 is 1.43 bits per heavy atom. The van der Waals surface area contributed by atoms with E-state index in [0.29, 0.717) is 71.9 Å². The average Bonchev–Trinajstić information content (AvgIpc) is 3.74. The number of benzene rings is 2. The van der Waals surface area contributed by atoms with Crippen LogP contribution in [0.15, 0.2) is 77.9 Å². The third-order valence-electron chi connectivity index (χ3n) is 8.90. The molecule has 2 amide bonds. The van der Waals surface area contributed by atoms with E-state index < -0.39 is 0 Å². The lowest BCUT2D eigenvalue weighted by atomic mass is 9.97. The monoisotopic (exact) mass is 697 g/mol. The summed E-state index contributed by atoms with van der Waals surface area (Å²) in [5.41, 5.74) is 6.08. The second kappa shape index (κ2) is 14.0. The first-order chi connectivity index (χ1) is 23.8. The molecule has 2 aliphatic rings. The molecule has 4 N–H and O–H groups in total. The number of halogens is 2. The van der Waals surface area contributed by atoms with Gasteiger partial charge in [0.25, 0.3) is 5.56 Å². The van der Waals surface area contributed by atoms with Crippen LogP contribution in [0, 0.1) is 0 Å². The number of methoxy groups -OCH3 is 1. The van der Waals surface area contributed by atoms with Gasteiger partial charge in [0.1, 0.15) is 5.65 Å². The number of pyridine rings is 2. The number of fused-ring (bicyclic) bond motifs is 1. The maximum absolute atomic E-state index is 13.2. The van der Waals surface area contributed by atoms with Gasteiger partial charge in [0.15, 0.2) is 0 Å². The van der Waals surface area contributed by atoms with Crippen LogP contribution in [-0.4, -0.2) is 58.5 Å². The van der Waals surface area contributed by atoms with Crippen molar-refractivity contribution in [3.63, 3.8) is 0 Å². The van der Waals surface area contributed by atoms with Crippen LogP contribution in [0.4, 0.5) is 0 Å². The van der Waals surface area contributed by atoms with Crippen LogP contribution in [0.2, 0.25) is 10.0 Å². The first kappa shape index (κ1) is 32.7. The quantitative estimate of drug-likeness (QED) is 0.169. The zero-order chi connectivity index (χ0) is 34.1. The van der Waals surface area contributed by atoms with Crippen molar-refractivity contribution in [2.24, 2.45) is 0 Å². The molecular formula is C36H33Cl2N7O4. The normalized spacial score (nSPS) is 17.4. The van der Waals surface area contributed by atoms with Gasteiger partial charge in [-0.05, 0) is 23.8 Å². The summed E-state index contributed by atoms with van der Waals surface area (Å²) in [6.45, 7) is 1.96. The zero-order valence-electron chi connectivity index (χ0n) is 26.6. The number of hydrogen-bond donors (Lipinski definition) is 4. The van der Waals surface area contributed by atoms with Crippen molar-refractivity contribution in [2.45, 2.75) is 38.0 Å². The van der Waals surface area contributed by atoms with Crippen LogP contribution in [0.25, 0.3) is 39.2 Å². The maximum Gasteiger partial charge on any atom is 0.262 e. The molecule has 7 rings (SSSR count). The molecule has 0 aliphatic carbocycles. The van der Waals surface area contributed by atoms with Crippen molar-refractivity contribution in [1.82, 2.24) is 35.6 Å². The first-order valence-corrected chi connectivity index (χ1v) is 16.7. The second-order valence-corrected chi connectivity index (χ2v) is 12.9. The molecule has 2 aromatic carbocycles. The molecule has 5 heterocycles. The molecule has 0 radical (unpaired) electrons. The summed E-state index contributed by atoms with van der Waals surface area (Å²) in [5, 5.41) is 13.2. The fourth-order valence-corrected chi connectivity index (χ4v) is 6.90. The van der Waals surface area contributed by atoms with E-state index in [0.717, 1.165) is 33.4 Å². The predicted molar refractivity (Wildman–Crippen MR) is 189 cm³/mol. The number of amides is 2. The fraction of sp³-hybridized carbons (Fsp3) is 0.250. The van der Waals surface area contributed by atoms with Crippen LogP contribution in [0.3, 0.4) is 0 Å². The molecule has 0 unspecified atom stereocenters. The Labute approximate surface area is 292 Å². The summed E-state index contributed by atoms with van der Waals surface area (Å²) < 4.78 is 7.13. The van der Waals surface area contributed by atoms with Gasteiger partial charge >= 0.3 is 0 Å². The predicted octanol–water partition coefficient (Wildman–Crippen LogP) is 4.36. The molecule has 49 heavy (non-hydrogen) atoms. The van der Waals surface area contributed by atoms with Gasteiger partial charge in [-0.1, -0.05) is 65.7 Å². The van der Waals surface area contributed by atoms with E-state index in [1.165, 1.54) is 4.40 Å². The highest BCUT2D eigenvalue weighted by molar-refractivity contribution is 6.39. The molecule has 5 aromatic rings. The van der Waals surface area contributed by atoms with E-state index >= 15 is 0 Å². The van der Waals surface area contributed by atoms with Gasteiger partial charge in [-0.2, -0.15) is 0 Å². The Bertz CT molecular complexity index is 2150. The molecule has 13 heteroatoms. The molecule has 0 spiro atoms. The highest BCUT2D eigenvalue weighted by atomic mass is 35.5. The standard InChI is InChI=1S/C36H33Cl2N7O4/c1-49-35-21(15-39-23-13-31(46)42-18-23)8-9-29(44-35)28-7-3-6-27(34(28)38)26-5-2-4-25(33(26)37)20-10-11-45-30(12-20)41-17-22(36(45)48)16-40-24-14-32(47)43-19-24/h2-12,17,23-24,39-40H,13-16,18-19H2,1H3,(H,42,46)(H,43,47)/t23-,24+/m1/s1. The molecule has 3 aromatic heterocycles. The summed E-state index contributed by atoms with van der Waals surface area (Å²) in [4.78, 5) is 45.6. The second-order valence-electron chi connectivity index (χ2n) is 12.1. The average molecular weight is 699 g/mol. The smallest absolute Gasteiger partial charge is 0.262 e. The Morgan fingerprint density at radius 1 is 0.816 bits per heavy atom. The van der Waals surface area contributed by atoms with E-state index in [4.69, 9.17) is 32.9 Å². The first-order valence-electron chi connectivity index (χ1n) is 15.9. The molecule has 2 fully saturated rings. The largest absolute Gasteiger partial charge is 0.481 e. The van der Waals surface area contributed by atoms with Crippen LogP contribution >= 0.6 is 23.2 Å². The lowest BCUT2D eigenvalue weighted by molar-refractivity contribution is -0.120. The number of nitrogens with one attached hydrogen (secondary N) is 4. The van der Waals surface area contributed by atoms with Gasteiger partial charge in [-0.25, -0.2) is 9.97 Å². The topological polar surface area (TPSA) is 139 Å². The zero-order valence-corrected chi connectivity index (χ0v) is 28.1. The lowest BCUT2D eigenvalue weighted by Gasteiger charge is -2.16. The van der Waals surface area contributed by atoms with E-state index in [2.05, 4.69) is 26.3 Å². The van der Waals surface area contributed by atoms with Crippen molar-refractivity contribution in [2.75, 3.05) is 20.2 Å². The van der Waals surface area contributed by atoms with Crippen molar-refractivity contribution >= 4 is 40.7 Å². The maximum atomic E-state index is 13.2. The molecule has 2 atom stereocenters. The van der Waals surface area contributed by atoms with Crippen molar-refractivity contribution in [3.05, 3.63) is 105 Å². The molecule has 0 bridgehead atoms. The Morgan fingerprint density at radius 3 is 2.06 bits per heavy atom. The Kier molecular flexibility index (Phi) is 9.33. The summed E-state index contributed by atoms with van der Waals surface area (Å²) in [6, 6.07) is 19.0. The third kappa shape index (κ3) is 6.75. The van der Waals surface area contributed by atoms with Crippen LogP contribution in [0.5, 0.6) is 5.88 Å². The fourth-order valence-electron chi connectivity index (χ4n) is 6.24. The number of rotatable bonds is 10. The summed E-state index contributed by atoms with van der Waals surface area (Å²) in [6.07, 6.45) is 4.11. The molecular weight excluding hydrogens is 665 g/mol. The van der Waals surface area contributed by atoms with Gasteiger partial charge in [0.2, 0.25) is 17.7 Å². The number of aromatic nitrogens is 3.